The summed E-state index contributed by atoms with van der Waals surface area (Å²) in [6.45, 7) is 0.146. The number of hydrogen-bond acceptors (Lipinski definition) is 6. The number of carboxylic acid groups (broad SMARTS) is 1. The molecular weight excluding hydrogens is 530 g/mol. The van der Waals surface area contributed by atoms with E-state index in [2.05, 4.69) is 10.1 Å². The van der Waals surface area contributed by atoms with Crippen LogP contribution in [0.2, 0.25) is 5.02 Å². The number of rotatable bonds is 7. The minimum Gasteiger partial charge on any atom is -0.487 e. The van der Waals surface area contributed by atoms with Crippen molar-refractivity contribution in [2.45, 2.75) is 6.61 Å². The van der Waals surface area contributed by atoms with Gasteiger partial charge in [-0.25, -0.2) is 9.78 Å². The Bertz CT molecular complexity index is 1960. The van der Waals surface area contributed by atoms with E-state index in [0.29, 0.717) is 44.1 Å². The second-order valence-corrected chi connectivity index (χ2v) is 9.35. The average molecular weight is 550 g/mol. The maximum Gasteiger partial charge on any atom is 0.335 e. The lowest BCUT2D eigenvalue weighted by atomic mass is 10.1. The van der Waals surface area contributed by atoms with E-state index in [9.17, 15) is 14.7 Å². The summed E-state index contributed by atoms with van der Waals surface area (Å²) < 4.78 is 13.0. The number of ether oxygens (including phenoxy) is 1. The molecule has 196 valence electrons. The Morgan fingerprint density at radius 2 is 1.82 bits per heavy atom. The number of aromatic carboxylic acids is 1. The molecule has 8 nitrogen and oxygen atoms in total. The predicted molar refractivity (Wildman–Crippen MR) is 153 cm³/mol. The number of nitrogens with zero attached hydrogens (tertiary/aromatic N) is 3. The fourth-order valence-electron chi connectivity index (χ4n) is 4.28. The monoisotopic (exact) mass is 549 g/mol. The van der Waals surface area contributed by atoms with Crippen LogP contribution < -0.4 is 10.3 Å². The van der Waals surface area contributed by atoms with E-state index in [-0.39, 0.29) is 23.6 Å². The molecule has 4 aromatic carbocycles. The number of furan rings is 1. The molecule has 0 fully saturated rings. The number of fused-ring (bicyclic) bond motifs is 2. The van der Waals surface area contributed by atoms with E-state index in [4.69, 9.17) is 20.8 Å². The number of carbonyl (C=O) groups is 1. The van der Waals surface area contributed by atoms with Crippen LogP contribution in [0.4, 0.5) is 0 Å². The molecule has 1 N–H and O–H groups in total. The summed E-state index contributed by atoms with van der Waals surface area (Å²) in [4.78, 5) is 29.3. The fraction of sp³-hybridized carbons (Fsp3) is 0.0323. The molecule has 0 saturated heterocycles. The van der Waals surface area contributed by atoms with Crippen LogP contribution in [0.3, 0.4) is 0 Å². The highest BCUT2D eigenvalue weighted by Gasteiger charge is 2.16. The Labute approximate surface area is 232 Å². The minimum absolute atomic E-state index is 0.146. The van der Waals surface area contributed by atoms with Crippen LogP contribution in [-0.4, -0.2) is 27.0 Å². The van der Waals surface area contributed by atoms with Gasteiger partial charge in [0.15, 0.2) is 5.76 Å². The number of benzene rings is 4. The van der Waals surface area contributed by atoms with Crippen LogP contribution in [-0.2, 0) is 6.61 Å². The summed E-state index contributed by atoms with van der Waals surface area (Å²) in [5.41, 5.74) is 2.37. The van der Waals surface area contributed by atoms with Gasteiger partial charge in [-0.15, -0.1) is 0 Å². The van der Waals surface area contributed by atoms with E-state index in [1.807, 2.05) is 36.4 Å². The predicted octanol–water partition coefficient (Wildman–Crippen LogP) is 6.62. The summed E-state index contributed by atoms with van der Waals surface area (Å²) in [5.74, 6) is 0.0977. The number of hydrogen-bond donors (Lipinski definition) is 1. The van der Waals surface area contributed by atoms with Crippen LogP contribution in [0, 0.1) is 0 Å². The molecule has 0 aliphatic carbocycles. The van der Waals surface area contributed by atoms with E-state index in [1.165, 1.54) is 17.0 Å². The second kappa shape index (κ2) is 10.5. The lowest BCUT2D eigenvalue weighted by Crippen LogP contribution is -2.20. The van der Waals surface area contributed by atoms with Gasteiger partial charge in [0.2, 0.25) is 5.82 Å². The third-order valence-corrected chi connectivity index (χ3v) is 6.54. The molecule has 0 aliphatic rings. The van der Waals surface area contributed by atoms with Crippen molar-refractivity contribution in [1.82, 2.24) is 9.66 Å². The Morgan fingerprint density at radius 3 is 2.65 bits per heavy atom. The van der Waals surface area contributed by atoms with E-state index < -0.39 is 5.97 Å². The molecule has 0 spiro atoms. The van der Waals surface area contributed by atoms with Crippen molar-refractivity contribution in [1.29, 1.82) is 0 Å². The van der Waals surface area contributed by atoms with Crippen molar-refractivity contribution in [3.63, 3.8) is 0 Å². The van der Waals surface area contributed by atoms with E-state index in [1.54, 1.807) is 54.6 Å². The van der Waals surface area contributed by atoms with Gasteiger partial charge in [0.1, 0.15) is 17.9 Å². The van der Waals surface area contributed by atoms with Crippen molar-refractivity contribution >= 4 is 45.7 Å². The maximum absolute atomic E-state index is 13.5. The number of para-hydroxylation sites is 2. The molecule has 0 atom stereocenters. The molecule has 0 amide bonds. The zero-order valence-corrected chi connectivity index (χ0v) is 21.6. The molecule has 2 heterocycles. The average Bonchev–Trinajstić information content (AvgIpc) is 3.40. The quantitative estimate of drug-likeness (QED) is 0.224. The van der Waals surface area contributed by atoms with Crippen molar-refractivity contribution in [3.05, 3.63) is 129 Å². The first-order valence-corrected chi connectivity index (χ1v) is 12.6. The second-order valence-electron chi connectivity index (χ2n) is 8.95. The van der Waals surface area contributed by atoms with Crippen LogP contribution >= 0.6 is 11.6 Å². The summed E-state index contributed by atoms with van der Waals surface area (Å²) in [6, 6.07) is 28.0. The highest BCUT2D eigenvalue weighted by molar-refractivity contribution is 6.32. The van der Waals surface area contributed by atoms with Gasteiger partial charge < -0.3 is 14.3 Å². The summed E-state index contributed by atoms with van der Waals surface area (Å²) in [7, 11) is 0. The molecule has 2 aromatic heterocycles. The van der Waals surface area contributed by atoms with E-state index in [0.717, 1.165) is 5.39 Å². The molecule has 6 aromatic rings. The first-order valence-electron chi connectivity index (χ1n) is 12.3. The van der Waals surface area contributed by atoms with Gasteiger partial charge in [-0.1, -0.05) is 54.1 Å². The third kappa shape index (κ3) is 4.95. The largest absolute Gasteiger partial charge is 0.487 e. The summed E-state index contributed by atoms with van der Waals surface area (Å²) in [5, 5.41) is 15.3. The lowest BCUT2D eigenvalue weighted by Gasteiger charge is -2.10. The van der Waals surface area contributed by atoms with Crippen molar-refractivity contribution < 1.29 is 19.1 Å². The molecule has 40 heavy (non-hydrogen) atoms. The molecule has 0 bridgehead atoms. The van der Waals surface area contributed by atoms with Gasteiger partial charge in [-0.2, -0.15) is 9.78 Å². The Morgan fingerprint density at radius 1 is 1.00 bits per heavy atom. The SMILES string of the molecule is O=C(O)c1cccc(COc2ccc(C=Nn3c(-c4cc5ccccc5o4)nc4ccccc4c3=O)cc2Cl)c1. The van der Waals surface area contributed by atoms with Crippen molar-refractivity contribution in [2.24, 2.45) is 5.10 Å². The zero-order valence-electron chi connectivity index (χ0n) is 20.8. The molecule has 0 unspecified atom stereocenters. The number of halogens is 1. The Hall–Kier alpha value is -5.21. The molecular formula is C31H20ClN3O5. The van der Waals surface area contributed by atoms with Crippen LogP contribution in [0.5, 0.6) is 5.75 Å². The normalized spacial score (nSPS) is 11.4. The van der Waals surface area contributed by atoms with Gasteiger partial charge in [-0.3, -0.25) is 4.79 Å². The standard InChI is InChI=1S/C31H20ClN3O5/c32-24-15-19(12-13-27(24)39-18-20-6-5-8-22(14-20)31(37)38)17-33-35-29(28-16-21-7-1-4-11-26(21)40-28)34-25-10-3-2-9-23(25)30(35)36/h1-17H,18H2,(H,37,38). The number of aromatic nitrogens is 2. The smallest absolute Gasteiger partial charge is 0.335 e. The zero-order chi connectivity index (χ0) is 27.6. The molecule has 0 radical (unpaired) electrons. The van der Waals surface area contributed by atoms with Gasteiger partial charge in [0.05, 0.1) is 27.7 Å². The Balaban J connectivity index is 1.32. The van der Waals surface area contributed by atoms with Gasteiger partial charge in [0, 0.05) is 5.39 Å². The molecule has 0 saturated carbocycles. The van der Waals surface area contributed by atoms with Crippen molar-refractivity contribution in [2.75, 3.05) is 0 Å². The lowest BCUT2D eigenvalue weighted by molar-refractivity contribution is 0.0696. The fourth-order valence-corrected chi connectivity index (χ4v) is 4.52. The highest BCUT2D eigenvalue weighted by atomic mass is 35.5. The first-order chi connectivity index (χ1) is 19.5. The van der Waals surface area contributed by atoms with Crippen LogP contribution in [0.25, 0.3) is 33.5 Å². The van der Waals surface area contributed by atoms with Crippen LogP contribution in [0.15, 0.2) is 111 Å². The Kier molecular flexibility index (Phi) is 6.59. The minimum atomic E-state index is -1.01. The number of carboxylic acids is 1. The topological polar surface area (TPSA) is 107 Å². The van der Waals surface area contributed by atoms with Crippen molar-refractivity contribution in [3.8, 4) is 17.3 Å². The first kappa shape index (κ1) is 25.1. The molecule has 9 heteroatoms. The maximum atomic E-state index is 13.5. The van der Waals surface area contributed by atoms with Crippen LogP contribution in [0.1, 0.15) is 21.5 Å². The summed E-state index contributed by atoms with van der Waals surface area (Å²) in [6.07, 6.45) is 1.51. The van der Waals surface area contributed by atoms with Gasteiger partial charge in [0.25, 0.3) is 5.56 Å². The summed E-state index contributed by atoms with van der Waals surface area (Å²) >= 11 is 6.46. The van der Waals surface area contributed by atoms with E-state index >= 15 is 0 Å². The third-order valence-electron chi connectivity index (χ3n) is 6.25. The van der Waals surface area contributed by atoms with Gasteiger partial charge in [-0.05, 0) is 65.7 Å². The highest BCUT2D eigenvalue weighted by Crippen LogP contribution is 2.28. The molecule has 0 aliphatic heterocycles. The van der Waals surface area contributed by atoms with Gasteiger partial charge >= 0.3 is 5.97 Å². The molecule has 6 rings (SSSR count).